The Hall–Kier alpha value is -1.41. The van der Waals surface area contributed by atoms with Gasteiger partial charge in [0, 0.05) is 0 Å². The molecule has 0 fully saturated rings. The van der Waals surface area contributed by atoms with Crippen molar-refractivity contribution in [3.8, 4) is 5.75 Å². The number of alkyl halides is 4. The van der Waals surface area contributed by atoms with E-state index in [0.29, 0.717) is 5.56 Å². The molecule has 0 spiro atoms. The SMILES string of the molecule is C=Cc1ccc(OC(F)(F)C(F)(F)S(=O)O)cc1. The summed E-state index contributed by atoms with van der Waals surface area (Å²) in [4.78, 5) is 0. The molecule has 8 heteroatoms. The number of halogens is 4. The van der Waals surface area contributed by atoms with Crippen molar-refractivity contribution >= 4 is 17.2 Å². The molecule has 0 aromatic heterocycles. The molecule has 1 N–H and O–H groups in total. The Morgan fingerprint density at radius 1 is 1.22 bits per heavy atom. The van der Waals surface area contributed by atoms with E-state index in [9.17, 15) is 21.8 Å². The number of hydrogen-bond donors (Lipinski definition) is 1. The van der Waals surface area contributed by atoms with Gasteiger partial charge in [0.05, 0.1) is 0 Å². The van der Waals surface area contributed by atoms with Crippen LogP contribution in [0.2, 0.25) is 0 Å². The first-order valence-corrected chi connectivity index (χ1v) is 5.59. The Bertz CT molecular complexity index is 459. The molecule has 0 bridgehead atoms. The van der Waals surface area contributed by atoms with E-state index >= 15 is 0 Å². The zero-order chi connectivity index (χ0) is 14.0. The van der Waals surface area contributed by atoms with Gasteiger partial charge in [0.2, 0.25) is 11.1 Å². The van der Waals surface area contributed by atoms with Crippen molar-refractivity contribution in [1.29, 1.82) is 0 Å². The molecular formula is C10H8F4O3S. The second kappa shape index (κ2) is 5.07. The van der Waals surface area contributed by atoms with E-state index in [1.165, 1.54) is 18.2 Å². The normalized spacial score (nSPS) is 14.1. The summed E-state index contributed by atoms with van der Waals surface area (Å²) in [5, 5.41) is -5.20. The van der Waals surface area contributed by atoms with Crippen LogP contribution >= 0.6 is 0 Å². The van der Waals surface area contributed by atoms with E-state index in [2.05, 4.69) is 11.3 Å². The van der Waals surface area contributed by atoms with Crippen molar-refractivity contribution in [3.05, 3.63) is 36.4 Å². The Balaban J connectivity index is 2.94. The highest BCUT2D eigenvalue weighted by Crippen LogP contribution is 2.38. The lowest BCUT2D eigenvalue weighted by Crippen LogP contribution is -2.48. The van der Waals surface area contributed by atoms with Crippen molar-refractivity contribution in [3.63, 3.8) is 0 Å². The van der Waals surface area contributed by atoms with E-state index in [1.54, 1.807) is 0 Å². The zero-order valence-corrected chi connectivity index (χ0v) is 9.59. The molecule has 1 aromatic carbocycles. The second-order valence-corrected chi connectivity index (χ2v) is 4.17. The molecule has 18 heavy (non-hydrogen) atoms. The Kier molecular flexibility index (Phi) is 4.12. The first-order valence-electron chi connectivity index (χ1n) is 4.49. The largest absolute Gasteiger partial charge is 0.480 e. The second-order valence-electron chi connectivity index (χ2n) is 3.16. The van der Waals surface area contributed by atoms with Crippen molar-refractivity contribution in [1.82, 2.24) is 0 Å². The van der Waals surface area contributed by atoms with E-state index in [0.717, 1.165) is 12.1 Å². The fourth-order valence-corrected chi connectivity index (χ4v) is 1.23. The average molecular weight is 284 g/mol. The van der Waals surface area contributed by atoms with E-state index < -0.39 is 28.2 Å². The first-order chi connectivity index (χ1) is 8.20. The maximum Gasteiger partial charge on any atom is 0.480 e. The van der Waals surface area contributed by atoms with Gasteiger partial charge in [-0.3, -0.25) is 0 Å². The third-order valence-electron chi connectivity index (χ3n) is 1.92. The molecule has 0 saturated carbocycles. The molecule has 1 atom stereocenters. The maximum atomic E-state index is 13.0. The molecule has 1 aromatic rings. The number of hydrogen-bond acceptors (Lipinski definition) is 2. The molecule has 0 radical (unpaired) electrons. The maximum absolute atomic E-state index is 13.0. The summed E-state index contributed by atoms with van der Waals surface area (Å²) in [6.07, 6.45) is -3.68. The van der Waals surface area contributed by atoms with Crippen molar-refractivity contribution in [2.45, 2.75) is 11.4 Å². The van der Waals surface area contributed by atoms with Crippen LogP contribution in [0.1, 0.15) is 5.56 Å². The molecule has 0 aliphatic carbocycles. The van der Waals surface area contributed by atoms with Crippen LogP contribution in [0, 0.1) is 0 Å². The highest BCUT2D eigenvalue weighted by Gasteiger charge is 2.64. The smallest absolute Gasteiger partial charge is 0.427 e. The van der Waals surface area contributed by atoms with Gasteiger partial charge in [-0.25, -0.2) is 4.21 Å². The molecule has 0 saturated heterocycles. The van der Waals surface area contributed by atoms with Crippen LogP contribution < -0.4 is 4.74 Å². The fourth-order valence-electron chi connectivity index (χ4n) is 0.981. The number of benzene rings is 1. The van der Waals surface area contributed by atoms with Crippen LogP contribution in [0.15, 0.2) is 30.8 Å². The first kappa shape index (κ1) is 14.7. The van der Waals surface area contributed by atoms with Gasteiger partial charge in [0.15, 0.2) is 0 Å². The minimum Gasteiger partial charge on any atom is -0.427 e. The van der Waals surface area contributed by atoms with Crippen LogP contribution in [0.25, 0.3) is 6.08 Å². The van der Waals surface area contributed by atoms with Gasteiger partial charge < -0.3 is 9.29 Å². The number of ether oxygens (including phenoxy) is 1. The summed E-state index contributed by atoms with van der Waals surface area (Å²) in [6.45, 7) is 3.42. The fraction of sp³-hybridized carbons (Fsp3) is 0.200. The van der Waals surface area contributed by atoms with Crippen LogP contribution in [0.5, 0.6) is 5.75 Å². The van der Waals surface area contributed by atoms with Crippen molar-refractivity contribution in [2.24, 2.45) is 0 Å². The lowest BCUT2D eigenvalue weighted by molar-refractivity contribution is -0.272. The average Bonchev–Trinajstić information content (AvgIpc) is 2.29. The third-order valence-corrected chi connectivity index (χ3v) is 2.60. The molecule has 1 rings (SSSR count). The summed E-state index contributed by atoms with van der Waals surface area (Å²) in [6, 6.07) is 4.65. The Morgan fingerprint density at radius 2 is 1.72 bits per heavy atom. The predicted octanol–water partition coefficient (Wildman–Crippen LogP) is 3.12. The number of rotatable bonds is 5. The summed E-state index contributed by atoms with van der Waals surface area (Å²) >= 11 is -4.05. The predicted molar refractivity (Wildman–Crippen MR) is 57.8 cm³/mol. The summed E-state index contributed by atoms with van der Waals surface area (Å²) in [5.41, 5.74) is 0.572. The summed E-state index contributed by atoms with van der Waals surface area (Å²) in [7, 11) is 0. The van der Waals surface area contributed by atoms with Crippen LogP contribution in [-0.2, 0) is 11.1 Å². The molecular weight excluding hydrogens is 276 g/mol. The van der Waals surface area contributed by atoms with Gasteiger partial charge in [0.1, 0.15) is 5.75 Å². The molecule has 1 unspecified atom stereocenters. The molecule has 0 aliphatic heterocycles. The summed E-state index contributed by atoms with van der Waals surface area (Å²) < 4.78 is 73.4. The molecule has 100 valence electrons. The third kappa shape index (κ3) is 2.88. The van der Waals surface area contributed by atoms with Gasteiger partial charge in [-0.1, -0.05) is 24.8 Å². The van der Waals surface area contributed by atoms with Crippen LogP contribution in [0.3, 0.4) is 0 Å². The van der Waals surface area contributed by atoms with Crippen molar-refractivity contribution < 1.29 is 31.1 Å². The zero-order valence-electron chi connectivity index (χ0n) is 8.78. The van der Waals surface area contributed by atoms with Gasteiger partial charge >= 0.3 is 11.4 Å². The van der Waals surface area contributed by atoms with E-state index in [4.69, 9.17) is 4.55 Å². The molecule has 0 heterocycles. The van der Waals surface area contributed by atoms with Gasteiger partial charge in [-0.2, -0.15) is 17.6 Å². The topological polar surface area (TPSA) is 46.5 Å². The molecule has 0 aliphatic rings. The minimum absolute atomic E-state index is 0.560. The van der Waals surface area contributed by atoms with E-state index in [1.807, 2.05) is 0 Å². The standard InChI is InChI=1S/C10H8F4O3S/c1-2-7-3-5-8(6-4-7)17-9(11,12)10(13,14)18(15)16/h2-6H,1H2,(H,15,16). The van der Waals surface area contributed by atoms with Gasteiger partial charge in [-0.05, 0) is 17.7 Å². The monoisotopic (exact) mass is 284 g/mol. The van der Waals surface area contributed by atoms with Gasteiger partial charge in [-0.15, -0.1) is 0 Å². The van der Waals surface area contributed by atoms with Crippen molar-refractivity contribution in [2.75, 3.05) is 0 Å². The Labute approximate surface area is 102 Å². The van der Waals surface area contributed by atoms with Crippen LogP contribution in [-0.4, -0.2) is 20.1 Å². The summed E-state index contributed by atoms with van der Waals surface area (Å²) in [5.74, 6) is -0.560. The molecule has 3 nitrogen and oxygen atoms in total. The van der Waals surface area contributed by atoms with Crippen LogP contribution in [0.4, 0.5) is 17.6 Å². The lowest BCUT2D eigenvalue weighted by Gasteiger charge is -2.23. The quantitative estimate of drug-likeness (QED) is 0.667. The molecule has 0 amide bonds. The minimum atomic E-state index is -5.20. The lowest BCUT2D eigenvalue weighted by atomic mass is 10.2. The van der Waals surface area contributed by atoms with E-state index in [-0.39, 0.29) is 0 Å². The Morgan fingerprint density at radius 3 is 2.11 bits per heavy atom. The highest BCUT2D eigenvalue weighted by molar-refractivity contribution is 7.80. The van der Waals surface area contributed by atoms with Gasteiger partial charge in [0.25, 0.3) is 0 Å². The highest BCUT2D eigenvalue weighted by atomic mass is 32.2.